The van der Waals surface area contributed by atoms with Gasteiger partial charge in [0.15, 0.2) is 0 Å². The van der Waals surface area contributed by atoms with Gasteiger partial charge < -0.3 is 5.11 Å². The van der Waals surface area contributed by atoms with Crippen LogP contribution >= 0.6 is 31.9 Å². The topological polar surface area (TPSA) is 57.6 Å². The van der Waals surface area contributed by atoms with Crippen LogP contribution in [-0.2, 0) is 9.59 Å². The fourth-order valence-electron chi connectivity index (χ4n) is 3.45. The van der Waals surface area contributed by atoms with Crippen LogP contribution in [0.15, 0.2) is 87.3 Å². The van der Waals surface area contributed by atoms with Crippen LogP contribution in [0, 0.1) is 5.82 Å². The monoisotopic (exact) mass is 529 g/mol. The predicted molar refractivity (Wildman–Crippen MR) is 119 cm³/mol. The first-order valence-corrected chi connectivity index (χ1v) is 10.5. The minimum absolute atomic E-state index is 0.123. The molecule has 1 atom stereocenters. The van der Waals surface area contributed by atoms with E-state index in [1.54, 1.807) is 54.6 Å². The third-order valence-corrected chi connectivity index (χ3v) is 5.92. The van der Waals surface area contributed by atoms with E-state index in [1.165, 1.54) is 23.1 Å². The number of anilines is 1. The molecule has 0 bridgehead atoms. The van der Waals surface area contributed by atoms with Crippen LogP contribution in [-0.4, -0.2) is 16.8 Å². The van der Waals surface area contributed by atoms with Crippen molar-refractivity contribution in [1.82, 2.24) is 0 Å². The van der Waals surface area contributed by atoms with Gasteiger partial charge in [0.25, 0.3) is 11.7 Å². The van der Waals surface area contributed by atoms with Crippen molar-refractivity contribution in [2.24, 2.45) is 0 Å². The number of halogens is 3. The molecule has 4 rings (SSSR count). The summed E-state index contributed by atoms with van der Waals surface area (Å²) in [6.45, 7) is 0. The number of benzene rings is 3. The molecule has 0 radical (unpaired) electrons. The third-order valence-electron chi connectivity index (χ3n) is 4.87. The maximum Gasteiger partial charge on any atom is 0.300 e. The van der Waals surface area contributed by atoms with E-state index in [-0.39, 0.29) is 16.9 Å². The van der Waals surface area contributed by atoms with E-state index in [0.717, 1.165) is 8.95 Å². The first kappa shape index (κ1) is 20.5. The van der Waals surface area contributed by atoms with Gasteiger partial charge >= 0.3 is 0 Å². The van der Waals surface area contributed by atoms with Gasteiger partial charge in [-0.2, -0.15) is 0 Å². The number of hydrogen-bond acceptors (Lipinski definition) is 3. The number of aliphatic hydroxyl groups excluding tert-OH is 1. The zero-order valence-corrected chi connectivity index (χ0v) is 18.5. The lowest BCUT2D eigenvalue weighted by Crippen LogP contribution is -2.29. The molecule has 0 spiro atoms. The molecular formula is C23H14Br2FNO3. The molecule has 1 N–H and O–H groups in total. The number of carbonyl (C=O) groups is 2. The Morgan fingerprint density at radius 1 is 0.867 bits per heavy atom. The summed E-state index contributed by atoms with van der Waals surface area (Å²) in [6.07, 6.45) is 0. The first-order valence-electron chi connectivity index (χ1n) is 8.95. The number of carbonyl (C=O) groups excluding carboxylic acids is 2. The second-order valence-corrected chi connectivity index (χ2v) is 8.51. The Morgan fingerprint density at radius 3 is 2.03 bits per heavy atom. The number of ketones is 1. The second-order valence-electron chi connectivity index (χ2n) is 6.67. The molecule has 30 heavy (non-hydrogen) atoms. The van der Waals surface area contributed by atoms with E-state index in [1.807, 2.05) is 0 Å². The summed E-state index contributed by atoms with van der Waals surface area (Å²) in [5.74, 6) is -2.63. The Balaban J connectivity index is 1.96. The lowest BCUT2D eigenvalue weighted by molar-refractivity contribution is -0.132. The number of hydrogen-bond donors (Lipinski definition) is 1. The molecule has 3 aromatic carbocycles. The second kappa shape index (κ2) is 8.16. The van der Waals surface area contributed by atoms with Crippen LogP contribution in [0.3, 0.4) is 0 Å². The molecule has 0 unspecified atom stereocenters. The fourth-order valence-corrected chi connectivity index (χ4v) is 3.98. The number of Topliss-reactive ketones (excluding diaryl/α,β-unsaturated/α-hetero) is 1. The summed E-state index contributed by atoms with van der Waals surface area (Å²) in [4.78, 5) is 27.2. The molecule has 150 valence electrons. The molecule has 1 saturated heterocycles. The highest BCUT2D eigenvalue weighted by molar-refractivity contribution is 9.10. The standard InChI is InChI=1S/C23H14Br2FNO3/c24-14-7-5-13(6-8-14)21(28)19-20(17-3-1-2-4-18(17)26)27(23(30)22(19)29)16-11-9-15(25)10-12-16/h1-12,20,28H/b21-19+/t20-/m0/s1. The Labute approximate surface area is 188 Å². The van der Waals surface area contributed by atoms with E-state index >= 15 is 0 Å². The summed E-state index contributed by atoms with van der Waals surface area (Å²) in [7, 11) is 0. The third kappa shape index (κ3) is 3.59. The molecule has 3 aromatic rings. The Kier molecular flexibility index (Phi) is 5.58. The summed E-state index contributed by atoms with van der Waals surface area (Å²) in [6, 6.07) is 18.2. The Hall–Kier alpha value is -2.77. The maximum atomic E-state index is 14.8. The molecule has 1 amide bonds. The van der Waals surface area contributed by atoms with Crippen molar-refractivity contribution in [2.45, 2.75) is 6.04 Å². The summed E-state index contributed by atoms with van der Waals surface area (Å²) in [5, 5.41) is 11.0. The van der Waals surface area contributed by atoms with E-state index in [0.29, 0.717) is 11.3 Å². The SMILES string of the molecule is O=C1C(=O)N(c2ccc(Br)cc2)[C@@H](c2ccccc2F)/C1=C(\O)c1ccc(Br)cc1. The first-order chi connectivity index (χ1) is 14.4. The summed E-state index contributed by atoms with van der Waals surface area (Å²) >= 11 is 6.66. The largest absolute Gasteiger partial charge is 0.507 e. The van der Waals surface area contributed by atoms with Crippen LogP contribution in [0.2, 0.25) is 0 Å². The van der Waals surface area contributed by atoms with Gasteiger partial charge in [0.1, 0.15) is 11.6 Å². The average molecular weight is 531 g/mol. The van der Waals surface area contributed by atoms with Crippen LogP contribution in [0.1, 0.15) is 17.2 Å². The van der Waals surface area contributed by atoms with Crippen molar-refractivity contribution in [3.8, 4) is 0 Å². The normalized spacial score (nSPS) is 18.1. The van der Waals surface area contributed by atoms with Crippen LogP contribution in [0.4, 0.5) is 10.1 Å². The quantitative estimate of drug-likeness (QED) is 0.257. The van der Waals surface area contributed by atoms with Crippen LogP contribution in [0.25, 0.3) is 5.76 Å². The smallest absolute Gasteiger partial charge is 0.300 e. The molecule has 1 fully saturated rings. The lowest BCUT2D eigenvalue weighted by Gasteiger charge is -2.25. The maximum absolute atomic E-state index is 14.8. The molecule has 1 aliphatic rings. The van der Waals surface area contributed by atoms with E-state index in [9.17, 15) is 19.1 Å². The zero-order valence-electron chi connectivity index (χ0n) is 15.4. The zero-order chi connectivity index (χ0) is 21.4. The fraction of sp³-hybridized carbons (Fsp3) is 0.0435. The van der Waals surface area contributed by atoms with Crippen molar-refractivity contribution in [3.63, 3.8) is 0 Å². The van der Waals surface area contributed by atoms with Crippen molar-refractivity contribution >= 4 is 55.0 Å². The lowest BCUT2D eigenvalue weighted by atomic mass is 9.94. The molecule has 1 heterocycles. The van der Waals surface area contributed by atoms with Crippen molar-refractivity contribution < 1.29 is 19.1 Å². The van der Waals surface area contributed by atoms with Gasteiger partial charge in [-0.05, 0) is 42.5 Å². The molecule has 4 nitrogen and oxygen atoms in total. The van der Waals surface area contributed by atoms with Gasteiger partial charge in [-0.25, -0.2) is 4.39 Å². The van der Waals surface area contributed by atoms with Gasteiger partial charge in [-0.1, -0.05) is 62.2 Å². The minimum atomic E-state index is -1.10. The predicted octanol–water partition coefficient (Wildman–Crippen LogP) is 5.98. The van der Waals surface area contributed by atoms with E-state index in [2.05, 4.69) is 31.9 Å². The van der Waals surface area contributed by atoms with Gasteiger partial charge in [0, 0.05) is 25.8 Å². The molecule has 0 saturated carbocycles. The Morgan fingerprint density at radius 2 is 1.43 bits per heavy atom. The van der Waals surface area contributed by atoms with Crippen molar-refractivity contribution in [2.75, 3.05) is 4.90 Å². The molecular weight excluding hydrogens is 517 g/mol. The Bertz CT molecular complexity index is 1170. The van der Waals surface area contributed by atoms with Crippen molar-refractivity contribution in [3.05, 3.63) is 104 Å². The molecule has 1 aliphatic heterocycles. The highest BCUT2D eigenvalue weighted by atomic mass is 79.9. The highest BCUT2D eigenvalue weighted by Gasteiger charge is 2.47. The molecule has 7 heteroatoms. The average Bonchev–Trinajstić information content (AvgIpc) is 3.00. The molecule has 0 aromatic heterocycles. The van der Waals surface area contributed by atoms with E-state index in [4.69, 9.17) is 0 Å². The van der Waals surface area contributed by atoms with Gasteiger partial charge in [0.2, 0.25) is 0 Å². The highest BCUT2D eigenvalue weighted by Crippen LogP contribution is 2.43. The number of rotatable bonds is 3. The molecule has 0 aliphatic carbocycles. The van der Waals surface area contributed by atoms with E-state index < -0.39 is 23.5 Å². The van der Waals surface area contributed by atoms with Gasteiger partial charge in [-0.3, -0.25) is 14.5 Å². The number of aliphatic hydroxyl groups is 1. The summed E-state index contributed by atoms with van der Waals surface area (Å²) in [5.41, 5.74) is 0.741. The van der Waals surface area contributed by atoms with Crippen LogP contribution < -0.4 is 4.90 Å². The van der Waals surface area contributed by atoms with Crippen molar-refractivity contribution in [1.29, 1.82) is 0 Å². The number of amides is 1. The van der Waals surface area contributed by atoms with Gasteiger partial charge in [-0.15, -0.1) is 0 Å². The van der Waals surface area contributed by atoms with Crippen LogP contribution in [0.5, 0.6) is 0 Å². The summed E-state index contributed by atoms with van der Waals surface area (Å²) < 4.78 is 16.4. The van der Waals surface area contributed by atoms with Gasteiger partial charge in [0.05, 0.1) is 11.6 Å². The minimum Gasteiger partial charge on any atom is -0.507 e. The number of nitrogens with zero attached hydrogens (tertiary/aromatic N) is 1.